The van der Waals surface area contributed by atoms with Crippen molar-refractivity contribution < 1.29 is 18.7 Å². The monoisotopic (exact) mass is 356 g/mol. The van der Waals surface area contributed by atoms with E-state index in [1.165, 1.54) is 6.26 Å². The molecule has 1 aliphatic rings. The highest BCUT2D eigenvalue weighted by atomic mass is 16.5. The largest absolute Gasteiger partial charge is 0.464 e. The first kappa shape index (κ1) is 17.7. The average molecular weight is 356 g/mol. The third-order valence-corrected chi connectivity index (χ3v) is 4.32. The van der Waals surface area contributed by atoms with Crippen LogP contribution in [0.15, 0.2) is 38.9 Å². The van der Waals surface area contributed by atoms with E-state index in [9.17, 15) is 14.4 Å². The number of esters is 1. The van der Waals surface area contributed by atoms with Gasteiger partial charge in [0.2, 0.25) is 0 Å². The van der Waals surface area contributed by atoms with Crippen molar-refractivity contribution in [1.82, 2.24) is 10.6 Å². The highest BCUT2D eigenvalue weighted by Crippen LogP contribution is 2.28. The number of hydrogen-bond acceptors (Lipinski definition) is 5. The van der Waals surface area contributed by atoms with Gasteiger partial charge in [-0.15, -0.1) is 0 Å². The molecule has 0 saturated heterocycles. The van der Waals surface area contributed by atoms with E-state index < -0.39 is 18.0 Å². The predicted molar refractivity (Wildman–Crippen MR) is 95.7 cm³/mol. The number of ether oxygens (including phenoxy) is 1. The summed E-state index contributed by atoms with van der Waals surface area (Å²) in [5.74, 6) is -0.595. The van der Waals surface area contributed by atoms with Gasteiger partial charge in [0.25, 0.3) is 0 Å². The van der Waals surface area contributed by atoms with Crippen LogP contribution in [0.25, 0.3) is 11.0 Å². The molecule has 2 amide bonds. The second-order valence-electron chi connectivity index (χ2n) is 6.27. The summed E-state index contributed by atoms with van der Waals surface area (Å²) in [5.41, 5.74) is 2.64. The Hall–Kier alpha value is -3.09. The maximum absolute atomic E-state index is 13.1. The third kappa shape index (κ3) is 2.96. The topological polar surface area (TPSA) is 97.6 Å². The molecule has 7 heteroatoms. The molecule has 1 atom stereocenters. The van der Waals surface area contributed by atoms with Crippen LogP contribution < -0.4 is 16.1 Å². The molecule has 0 spiro atoms. The number of carbonyl (C=O) groups excluding carboxylic acids is 2. The lowest BCUT2D eigenvalue weighted by Gasteiger charge is -2.27. The molecular formula is C19H20N2O5. The SMILES string of the molecule is CCOC(=O)C1=C(C)NC(=O)N[C@H]1c1coc2cc(C)cc(C)c2c1=O. The number of fused-ring (bicyclic) bond motifs is 1. The van der Waals surface area contributed by atoms with Crippen LogP contribution in [0.3, 0.4) is 0 Å². The van der Waals surface area contributed by atoms with Crippen molar-refractivity contribution in [2.75, 3.05) is 6.61 Å². The number of hydrogen-bond donors (Lipinski definition) is 2. The van der Waals surface area contributed by atoms with E-state index in [1.807, 2.05) is 19.9 Å². The quantitative estimate of drug-likeness (QED) is 0.824. The molecule has 0 radical (unpaired) electrons. The summed E-state index contributed by atoms with van der Waals surface area (Å²) in [5, 5.41) is 5.59. The first-order chi connectivity index (χ1) is 12.3. The fourth-order valence-corrected chi connectivity index (χ4v) is 3.24. The number of nitrogens with one attached hydrogen (secondary N) is 2. The van der Waals surface area contributed by atoms with Crippen LogP contribution >= 0.6 is 0 Å². The van der Waals surface area contributed by atoms with E-state index in [-0.39, 0.29) is 23.2 Å². The van der Waals surface area contributed by atoms with Gasteiger partial charge in [-0.2, -0.15) is 0 Å². The van der Waals surface area contributed by atoms with Crippen molar-refractivity contribution in [3.05, 3.63) is 56.6 Å². The zero-order chi connectivity index (χ0) is 19.0. The normalized spacial score (nSPS) is 17.1. The van der Waals surface area contributed by atoms with Crippen LogP contribution in [0.1, 0.15) is 36.6 Å². The number of rotatable bonds is 3. The van der Waals surface area contributed by atoms with Crippen molar-refractivity contribution in [1.29, 1.82) is 0 Å². The lowest BCUT2D eigenvalue weighted by Crippen LogP contribution is -2.46. The summed E-state index contributed by atoms with van der Waals surface area (Å²) >= 11 is 0. The highest BCUT2D eigenvalue weighted by Gasteiger charge is 2.34. The van der Waals surface area contributed by atoms with Gasteiger partial charge in [-0.3, -0.25) is 4.79 Å². The number of aryl methyl sites for hydroxylation is 2. The summed E-state index contributed by atoms with van der Waals surface area (Å²) in [6.45, 7) is 7.20. The molecule has 0 bridgehead atoms. The van der Waals surface area contributed by atoms with E-state index >= 15 is 0 Å². The Morgan fingerprint density at radius 3 is 2.65 bits per heavy atom. The fraction of sp³-hybridized carbons (Fsp3) is 0.316. The third-order valence-electron chi connectivity index (χ3n) is 4.32. The number of carbonyl (C=O) groups is 2. The van der Waals surface area contributed by atoms with Gasteiger partial charge in [-0.25, -0.2) is 9.59 Å². The maximum atomic E-state index is 13.1. The second kappa shape index (κ2) is 6.67. The summed E-state index contributed by atoms with van der Waals surface area (Å²) in [4.78, 5) is 37.4. The van der Waals surface area contributed by atoms with Crippen LogP contribution in [-0.2, 0) is 9.53 Å². The maximum Gasteiger partial charge on any atom is 0.338 e. The average Bonchev–Trinajstić information content (AvgIpc) is 2.53. The molecule has 0 unspecified atom stereocenters. The molecule has 2 N–H and O–H groups in total. The minimum absolute atomic E-state index is 0.182. The lowest BCUT2D eigenvalue weighted by atomic mass is 9.95. The van der Waals surface area contributed by atoms with Crippen LogP contribution in [-0.4, -0.2) is 18.6 Å². The van der Waals surface area contributed by atoms with E-state index in [4.69, 9.17) is 9.15 Å². The number of allylic oxidation sites excluding steroid dienone is 1. The minimum Gasteiger partial charge on any atom is -0.464 e. The first-order valence-electron chi connectivity index (χ1n) is 8.31. The lowest BCUT2D eigenvalue weighted by molar-refractivity contribution is -0.139. The fourth-order valence-electron chi connectivity index (χ4n) is 3.24. The van der Waals surface area contributed by atoms with Gasteiger partial charge in [-0.1, -0.05) is 6.07 Å². The number of benzene rings is 1. The molecule has 1 aliphatic heterocycles. The minimum atomic E-state index is -0.941. The Balaban J connectivity index is 2.22. The molecule has 7 nitrogen and oxygen atoms in total. The molecule has 2 aromatic rings. The molecule has 1 aromatic heterocycles. The van der Waals surface area contributed by atoms with Crippen LogP contribution in [0.5, 0.6) is 0 Å². The van der Waals surface area contributed by atoms with Crippen LogP contribution in [0.4, 0.5) is 4.79 Å². The van der Waals surface area contributed by atoms with Crippen LogP contribution in [0, 0.1) is 13.8 Å². The van der Waals surface area contributed by atoms with Crippen LogP contribution in [0.2, 0.25) is 0 Å². The van der Waals surface area contributed by atoms with Crippen molar-refractivity contribution in [2.45, 2.75) is 33.7 Å². The summed E-state index contributed by atoms with van der Waals surface area (Å²) < 4.78 is 10.7. The molecular weight excluding hydrogens is 336 g/mol. The van der Waals surface area contributed by atoms with Gasteiger partial charge in [0, 0.05) is 5.70 Å². The van der Waals surface area contributed by atoms with E-state index in [0.717, 1.165) is 11.1 Å². The number of amides is 2. The summed E-state index contributed by atoms with van der Waals surface area (Å²) in [7, 11) is 0. The molecule has 0 aliphatic carbocycles. The molecule has 2 heterocycles. The zero-order valence-corrected chi connectivity index (χ0v) is 15.1. The number of urea groups is 1. The van der Waals surface area contributed by atoms with Gasteiger partial charge in [0.05, 0.1) is 29.2 Å². The summed E-state index contributed by atoms with van der Waals surface area (Å²) in [6.07, 6.45) is 1.30. The molecule has 136 valence electrons. The molecule has 1 aromatic carbocycles. The Morgan fingerprint density at radius 2 is 1.96 bits per heavy atom. The predicted octanol–water partition coefficient (Wildman–Crippen LogP) is 2.60. The Morgan fingerprint density at radius 1 is 1.23 bits per heavy atom. The Labute approximate surface area is 150 Å². The van der Waals surface area contributed by atoms with Gasteiger partial charge >= 0.3 is 12.0 Å². The molecule has 3 rings (SSSR count). The van der Waals surface area contributed by atoms with Crippen molar-refractivity contribution in [2.24, 2.45) is 0 Å². The smallest absolute Gasteiger partial charge is 0.338 e. The van der Waals surface area contributed by atoms with Gasteiger partial charge in [0.15, 0.2) is 5.43 Å². The standard InChI is InChI=1S/C19H20N2O5/c1-5-25-18(23)15-11(4)20-19(24)21-16(15)12-8-26-13-7-9(2)6-10(3)14(13)17(12)22/h6-8,16H,5H2,1-4H3,(H2,20,21,24)/t16-/m0/s1. The van der Waals surface area contributed by atoms with Gasteiger partial charge in [0.1, 0.15) is 11.8 Å². The van der Waals surface area contributed by atoms with E-state index in [0.29, 0.717) is 16.7 Å². The molecule has 26 heavy (non-hydrogen) atoms. The highest BCUT2D eigenvalue weighted by molar-refractivity contribution is 5.95. The second-order valence-corrected chi connectivity index (χ2v) is 6.27. The zero-order valence-electron chi connectivity index (χ0n) is 15.1. The van der Waals surface area contributed by atoms with Crippen molar-refractivity contribution in [3.8, 4) is 0 Å². The Bertz CT molecular complexity index is 1000. The van der Waals surface area contributed by atoms with E-state index in [1.54, 1.807) is 19.9 Å². The molecule has 0 saturated carbocycles. The van der Waals surface area contributed by atoms with Crippen molar-refractivity contribution in [3.63, 3.8) is 0 Å². The van der Waals surface area contributed by atoms with E-state index in [2.05, 4.69) is 10.6 Å². The first-order valence-corrected chi connectivity index (χ1v) is 8.31. The van der Waals surface area contributed by atoms with Gasteiger partial charge < -0.3 is 19.8 Å². The Kier molecular flexibility index (Phi) is 4.54. The molecule has 0 fully saturated rings. The van der Waals surface area contributed by atoms with Crippen molar-refractivity contribution >= 4 is 23.0 Å². The van der Waals surface area contributed by atoms with Gasteiger partial charge in [-0.05, 0) is 44.9 Å². The summed E-state index contributed by atoms with van der Waals surface area (Å²) in [6, 6.07) is 2.23.